The Balaban J connectivity index is 2.41. The fraction of sp³-hybridized carbons (Fsp3) is 0.571. The molecule has 0 heterocycles. The minimum atomic E-state index is -3.32. The Hall–Kier alpha value is -1.11. The number of para-hydroxylation sites is 1. The first-order chi connectivity index (χ1) is 9.48. The van der Waals surface area contributed by atoms with Gasteiger partial charge in [-0.15, -0.1) is 0 Å². The van der Waals surface area contributed by atoms with Crippen molar-refractivity contribution in [3.05, 3.63) is 29.8 Å². The summed E-state index contributed by atoms with van der Waals surface area (Å²) in [4.78, 5) is 2.27. The van der Waals surface area contributed by atoms with Crippen molar-refractivity contribution in [1.29, 1.82) is 0 Å². The van der Waals surface area contributed by atoms with E-state index in [0.29, 0.717) is 17.8 Å². The zero-order valence-electron chi connectivity index (χ0n) is 12.3. The molecule has 3 N–H and O–H groups in total. The van der Waals surface area contributed by atoms with Crippen LogP contribution in [0.2, 0.25) is 0 Å². The van der Waals surface area contributed by atoms with E-state index in [-0.39, 0.29) is 5.75 Å². The Morgan fingerprint density at radius 3 is 2.45 bits per heavy atom. The van der Waals surface area contributed by atoms with Gasteiger partial charge in [-0.05, 0) is 37.7 Å². The molecule has 0 aliphatic heterocycles. The summed E-state index contributed by atoms with van der Waals surface area (Å²) in [5.74, 6) is -0.0645. The van der Waals surface area contributed by atoms with Crippen molar-refractivity contribution in [3.8, 4) is 0 Å². The van der Waals surface area contributed by atoms with Crippen molar-refractivity contribution in [2.45, 2.75) is 26.0 Å². The topological polar surface area (TPSA) is 75.4 Å². The molecular formula is C14H25N3O2S. The molecule has 0 fully saturated rings. The molecule has 0 unspecified atom stereocenters. The van der Waals surface area contributed by atoms with Crippen molar-refractivity contribution in [1.82, 2.24) is 9.62 Å². The molecule has 6 heteroatoms. The SMILES string of the molecule is CCN(CC)CCCNS(=O)(=O)Cc1ccccc1N. The Kier molecular flexibility index (Phi) is 6.98. The van der Waals surface area contributed by atoms with E-state index >= 15 is 0 Å². The Labute approximate surface area is 122 Å². The van der Waals surface area contributed by atoms with Crippen LogP contribution in [0, 0.1) is 0 Å². The molecule has 0 aromatic heterocycles. The van der Waals surface area contributed by atoms with Gasteiger partial charge in [-0.25, -0.2) is 13.1 Å². The quantitative estimate of drug-likeness (QED) is 0.534. The smallest absolute Gasteiger partial charge is 0.215 e. The average molecular weight is 299 g/mol. The van der Waals surface area contributed by atoms with E-state index in [9.17, 15) is 8.42 Å². The third-order valence-electron chi connectivity index (χ3n) is 3.27. The van der Waals surface area contributed by atoms with Gasteiger partial charge in [0.25, 0.3) is 0 Å². The Morgan fingerprint density at radius 1 is 1.20 bits per heavy atom. The molecule has 1 aromatic carbocycles. The number of nitrogens with two attached hydrogens (primary N) is 1. The maximum Gasteiger partial charge on any atom is 0.215 e. The minimum absolute atomic E-state index is 0.0645. The predicted molar refractivity (Wildman–Crippen MR) is 83.9 cm³/mol. The summed E-state index contributed by atoms with van der Waals surface area (Å²) < 4.78 is 26.5. The fourth-order valence-corrected chi connectivity index (χ4v) is 3.22. The molecule has 0 radical (unpaired) electrons. The number of benzene rings is 1. The maximum atomic E-state index is 12.0. The van der Waals surface area contributed by atoms with E-state index in [1.165, 1.54) is 0 Å². The number of rotatable bonds is 9. The largest absolute Gasteiger partial charge is 0.398 e. The van der Waals surface area contributed by atoms with Gasteiger partial charge in [0.05, 0.1) is 5.75 Å². The predicted octanol–water partition coefficient (Wildman–Crippen LogP) is 1.42. The third-order valence-corrected chi connectivity index (χ3v) is 4.60. The lowest BCUT2D eigenvalue weighted by Gasteiger charge is -2.17. The fourth-order valence-electron chi connectivity index (χ4n) is 1.99. The lowest BCUT2D eigenvalue weighted by atomic mass is 10.2. The Bertz CT molecular complexity index is 499. The van der Waals surface area contributed by atoms with Crippen LogP contribution in [0.15, 0.2) is 24.3 Å². The molecular weight excluding hydrogens is 274 g/mol. The van der Waals surface area contributed by atoms with Crippen molar-refractivity contribution >= 4 is 15.7 Å². The van der Waals surface area contributed by atoms with Gasteiger partial charge in [0.2, 0.25) is 10.0 Å². The summed E-state index contributed by atoms with van der Waals surface area (Å²) in [5.41, 5.74) is 6.92. The zero-order chi connectivity index (χ0) is 15.0. The van der Waals surface area contributed by atoms with E-state index in [1.807, 2.05) is 0 Å². The van der Waals surface area contributed by atoms with Gasteiger partial charge in [-0.2, -0.15) is 0 Å². The minimum Gasteiger partial charge on any atom is -0.398 e. The highest BCUT2D eigenvalue weighted by molar-refractivity contribution is 7.88. The zero-order valence-corrected chi connectivity index (χ0v) is 13.1. The number of nitrogen functional groups attached to an aromatic ring is 1. The van der Waals surface area contributed by atoms with Gasteiger partial charge < -0.3 is 10.6 Å². The number of anilines is 1. The lowest BCUT2D eigenvalue weighted by molar-refractivity contribution is 0.300. The molecule has 20 heavy (non-hydrogen) atoms. The summed E-state index contributed by atoms with van der Waals surface area (Å²) >= 11 is 0. The molecule has 0 spiro atoms. The molecule has 0 saturated carbocycles. The van der Waals surface area contributed by atoms with Crippen LogP contribution in [0.3, 0.4) is 0 Å². The van der Waals surface area contributed by atoms with Crippen LogP contribution in [0.5, 0.6) is 0 Å². The molecule has 1 rings (SSSR count). The monoisotopic (exact) mass is 299 g/mol. The van der Waals surface area contributed by atoms with E-state index in [2.05, 4.69) is 23.5 Å². The van der Waals surface area contributed by atoms with Gasteiger partial charge in [0, 0.05) is 12.2 Å². The van der Waals surface area contributed by atoms with Gasteiger partial charge in [0.15, 0.2) is 0 Å². The van der Waals surface area contributed by atoms with Crippen molar-refractivity contribution in [3.63, 3.8) is 0 Å². The lowest BCUT2D eigenvalue weighted by Crippen LogP contribution is -2.30. The van der Waals surface area contributed by atoms with Crippen LogP contribution in [-0.2, 0) is 15.8 Å². The molecule has 0 atom stereocenters. The second-order valence-corrected chi connectivity index (χ2v) is 6.54. The summed E-state index contributed by atoms with van der Waals surface area (Å²) in [6.45, 7) is 7.56. The first-order valence-electron chi connectivity index (χ1n) is 7.01. The van der Waals surface area contributed by atoms with Crippen molar-refractivity contribution in [2.75, 3.05) is 31.9 Å². The average Bonchev–Trinajstić information content (AvgIpc) is 2.41. The molecule has 1 aromatic rings. The molecule has 0 saturated heterocycles. The van der Waals surface area contributed by atoms with Crippen LogP contribution in [0.1, 0.15) is 25.8 Å². The number of sulfonamides is 1. The summed E-state index contributed by atoms with van der Waals surface area (Å²) in [6, 6.07) is 7.04. The summed E-state index contributed by atoms with van der Waals surface area (Å²) in [6.07, 6.45) is 0.811. The molecule has 0 aliphatic carbocycles. The summed E-state index contributed by atoms with van der Waals surface area (Å²) in [7, 11) is -3.32. The van der Waals surface area contributed by atoms with E-state index in [0.717, 1.165) is 26.1 Å². The van der Waals surface area contributed by atoms with E-state index < -0.39 is 10.0 Å². The van der Waals surface area contributed by atoms with Crippen LogP contribution >= 0.6 is 0 Å². The summed E-state index contributed by atoms with van der Waals surface area (Å²) in [5, 5.41) is 0. The highest BCUT2D eigenvalue weighted by Crippen LogP contribution is 2.13. The first-order valence-corrected chi connectivity index (χ1v) is 8.66. The van der Waals surface area contributed by atoms with Crippen LogP contribution in [0.4, 0.5) is 5.69 Å². The highest BCUT2D eigenvalue weighted by atomic mass is 32.2. The standard InChI is InChI=1S/C14H25N3O2S/c1-3-17(4-2)11-7-10-16-20(18,19)12-13-8-5-6-9-14(13)15/h5-6,8-9,16H,3-4,7,10-12,15H2,1-2H3. The number of nitrogens with one attached hydrogen (secondary N) is 1. The van der Waals surface area contributed by atoms with Crippen LogP contribution < -0.4 is 10.5 Å². The molecule has 0 amide bonds. The van der Waals surface area contributed by atoms with Crippen LogP contribution in [-0.4, -0.2) is 39.5 Å². The second kappa shape index (κ2) is 8.24. The molecule has 0 bridgehead atoms. The van der Waals surface area contributed by atoms with Crippen molar-refractivity contribution in [2.24, 2.45) is 0 Å². The third kappa shape index (κ3) is 5.90. The van der Waals surface area contributed by atoms with Gasteiger partial charge in [-0.3, -0.25) is 0 Å². The number of hydrogen-bond acceptors (Lipinski definition) is 4. The molecule has 114 valence electrons. The van der Waals surface area contributed by atoms with Crippen molar-refractivity contribution < 1.29 is 8.42 Å². The first kappa shape index (κ1) is 16.9. The Morgan fingerprint density at radius 2 is 1.85 bits per heavy atom. The van der Waals surface area contributed by atoms with E-state index in [4.69, 9.17) is 5.73 Å². The highest BCUT2D eigenvalue weighted by Gasteiger charge is 2.12. The second-order valence-electron chi connectivity index (χ2n) is 4.73. The van der Waals surface area contributed by atoms with Gasteiger partial charge >= 0.3 is 0 Å². The molecule has 0 aliphatic rings. The molecule has 5 nitrogen and oxygen atoms in total. The number of nitrogens with zero attached hydrogens (tertiary/aromatic N) is 1. The number of hydrogen-bond donors (Lipinski definition) is 2. The van der Waals surface area contributed by atoms with E-state index in [1.54, 1.807) is 24.3 Å². The van der Waals surface area contributed by atoms with Gasteiger partial charge in [-0.1, -0.05) is 32.0 Å². The maximum absolute atomic E-state index is 12.0. The normalized spacial score (nSPS) is 11.9. The van der Waals surface area contributed by atoms with Crippen LogP contribution in [0.25, 0.3) is 0 Å². The van der Waals surface area contributed by atoms with Gasteiger partial charge in [0.1, 0.15) is 0 Å².